The van der Waals surface area contributed by atoms with Gasteiger partial charge in [-0.3, -0.25) is 4.90 Å². The lowest BCUT2D eigenvalue weighted by atomic mass is 10.1. The summed E-state index contributed by atoms with van der Waals surface area (Å²) in [6, 6.07) is 0. The minimum atomic E-state index is 1.29. The van der Waals surface area contributed by atoms with Crippen LogP contribution in [-0.2, 0) is 0 Å². The summed E-state index contributed by atoms with van der Waals surface area (Å²) in [5.41, 5.74) is 0. The number of nitrogens with zero attached hydrogens (tertiary/aromatic N) is 1. The van der Waals surface area contributed by atoms with E-state index < -0.39 is 0 Å². The van der Waals surface area contributed by atoms with E-state index in [1.807, 2.05) is 0 Å². The molecule has 1 nitrogen and oxygen atoms in total. The van der Waals surface area contributed by atoms with Crippen LogP contribution in [0.3, 0.4) is 0 Å². The Morgan fingerprint density at radius 2 is 1.05 bits per heavy atom. The van der Waals surface area contributed by atoms with E-state index in [-0.39, 0.29) is 0 Å². The van der Waals surface area contributed by atoms with Crippen molar-refractivity contribution in [1.82, 2.24) is 4.90 Å². The molecule has 0 aliphatic heterocycles. The number of rotatable bonds is 15. The van der Waals surface area contributed by atoms with Gasteiger partial charge in [0.15, 0.2) is 0 Å². The fraction of sp³-hybridized carbons (Fsp3) is 0.944. The molecule has 115 valence electrons. The number of unbranched alkanes of at least 4 members (excludes halogenated alkanes) is 9. The van der Waals surface area contributed by atoms with Gasteiger partial charge in [-0.1, -0.05) is 78.6 Å². The van der Waals surface area contributed by atoms with Crippen LogP contribution in [0.2, 0.25) is 0 Å². The summed E-state index contributed by atoms with van der Waals surface area (Å²) in [5, 5.41) is 0. The highest BCUT2D eigenvalue weighted by atomic mass is 15.1. The summed E-state index contributed by atoms with van der Waals surface area (Å²) in [6.45, 7) is 11.9. The first-order chi connectivity index (χ1) is 9.35. The van der Waals surface area contributed by atoms with Gasteiger partial charge in [-0.25, -0.2) is 0 Å². The minimum absolute atomic E-state index is 1.29. The summed E-state index contributed by atoms with van der Waals surface area (Å²) in [5.74, 6) is 0. The molecule has 0 heterocycles. The summed E-state index contributed by atoms with van der Waals surface area (Å²) in [7, 11) is 0. The van der Waals surface area contributed by atoms with Gasteiger partial charge >= 0.3 is 0 Å². The highest BCUT2D eigenvalue weighted by molar-refractivity contribution is 4.69. The average molecular weight is 269 g/mol. The fourth-order valence-corrected chi connectivity index (χ4v) is 2.45. The molecule has 0 saturated heterocycles. The summed E-state index contributed by atoms with van der Waals surface area (Å²) < 4.78 is 0. The molecule has 0 aromatic heterocycles. The molecule has 0 amide bonds. The van der Waals surface area contributed by atoms with E-state index in [1.54, 1.807) is 0 Å². The lowest BCUT2D eigenvalue weighted by molar-refractivity contribution is 0.303. The third-order valence-corrected chi connectivity index (χ3v) is 3.79. The molecule has 0 aromatic rings. The van der Waals surface area contributed by atoms with Crippen molar-refractivity contribution in [3.8, 4) is 0 Å². The van der Waals surface area contributed by atoms with Crippen molar-refractivity contribution in [2.24, 2.45) is 0 Å². The van der Waals surface area contributed by atoms with E-state index in [0.717, 1.165) is 0 Å². The van der Waals surface area contributed by atoms with Crippen molar-refractivity contribution in [3.05, 3.63) is 6.54 Å². The Hall–Kier alpha value is -0.0400. The molecule has 0 spiro atoms. The van der Waals surface area contributed by atoms with Crippen LogP contribution in [0.5, 0.6) is 0 Å². The molecule has 1 radical (unpaired) electrons. The van der Waals surface area contributed by atoms with Gasteiger partial charge in [-0.15, -0.1) is 0 Å². The van der Waals surface area contributed by atoms with Gasteiger partial charge < -0.3 is 0 Å². The highest BCUT2D eigenvalue weighted by Crippen LogP contribution is 2.10. The maximum Gasteiger partial charge on any atom is 0.0251 e. The monoisotopic (exact) mass is 268 g/mol. The van der Waals surface area contributed by atoms with Crippen LogP contribution in [0.1, 0.15) is 97.8 Å². The van der Waals surface area contributed by atoms with Crippen molar-refractivity contribution < 1.29 is 0 Å². The van der Waals surface area contributed by atoms with Crippen LogP contribution in [0.25, 0.3) is 0 Å². The molecule has 0 aromatic carbocycles. The summed E-state index contributed by atoms with van der Waals surface area (Å²) in [4.78, 5) is 2.61. The van der Waals surface area contributed by atoms with Crippen LogP contribution in [0.4, 0.5) is 0 Å². The highest BCUT2D eigenvalue weighted by Gasteiger charge is 2.04. The standard InChI is InChI=1S/C18H38N/c1-4-7-10-13-16-19(17-14-11-8-5-2)18-15-12-9-6-3/h16H,4-15,17-18H2,1-3H3. The molecule has 0 atom stereocenters. The van der Waals surface area contributed by atoms with Crippen molar-refractivity contribution in [2.45, 2.75) is 97.8 Å². The van der Waals surface area contributed by atoms with E-state index in [9.17, 15) is 0 Å². The minimum Gasteiger partial charge on any atom is -0.299 e. The zero-order valence-electron chi connectivity index (χ0n) is 13.9. The van der Waals surface area contributed by atoms with E-state index in [1.165, 1.54) is 90.1 Å². The van der Waals surface area contributed by atoms with Crippen LogP contribution in [-0.4, -0.2) is 18.0 Å². The predicted molar refractivity (Wildman–Crippen MR) is 88.3 cm³/mol. The van der Waals surface area contributed by atoms with E-state index in [2.05, 4.69) is 32.2 Å². The largest absolute Gasteiger partial charge is 0.299 e. The van der Waals surface area contributed by atoms with E-state index in [4.69, 9.17) is 0 Å². The Bertz CT molecular complexity index is 127. The first-order valence-corrected chi connectivity index (χ1v) is 8.92. The van der Waals surface area contributed by atoms with Crippen LogP contribution >= 0.6 is 0 Å². The second-order valence-corrected chi connectivity index (χ2v) is 5.84. The lowest BCUT2D eigenvalue weighted by Gasteiger charge is -2.21. The molecule has 0 fully saturated rings. The van der Waals surface area contributed by atoms with E-state index >= 15 is 0 Å². The zero-order valence-corrected chi connectivity index (χ0v) is 13.9. The number of hydrogen-bond acceptors (Lipinski definition) is 1. The molecule has 0 saturated carbocycles. The average Bonchev–Trinajstić information content (AvgIpc) is 2.43. The molecular formula is C18H38N. The van der Waals surface area contributed by atoms with Crippen molar-refractivity contribution in [2.75, 3.05) is 13.1 Å². The quantitative estimate of drug-likeness (QED) is 0.320. The van der Waals surface area contributed by atoms with Crippen molar-refractivity contribution >= 4 is 0 Å². The predicted octanol–water partition coefficient (Wildman–Crippen LogP) is 6.19. The lowest BCUT2D eigenvalue weighted by Crippen LogP contribution is -2.23. The Balaban J connectivity index is 3.66. The zero-order chi connectivity index (χ0) is 14.2. The molecule has 0 aliphatic carbocycles. The van der Waals surface area contributed by atoms with Gasteiger partial charge in [0.2, 0.25) is 0 Å². The Kier molecular flexibility index (Phi) is 16.0. The Morgan fingerprint density at radius 3 is 1.53 bits per heavy atom. The van der Waals surface area contributed by atoms with Crippen molar-refractivity contribution in [1.29, 1.82) is 0 Å². The molecule has 0 N–H and O–H groups in total. The third-order valence-electron chi connectivity index (χ3n) is 3.79. The second kappa shape index (κ2) is 16.0. The Morgan fingerprint density at radius 1 is 0.579 bits per heavy atom. The summed E-state index contributed by atoms with van der Waals surface area (Å²) >= 11 is 0. The van der Waals surface area contributed by atoms with Gasteiger partial charge in [-0.2, -0.15) is 0 Å². The van der Waals surface area contributed by atoms with Gasteiger partial charge in [0, 0.05) is 6.54 Å². The molecular weight excluding hydrogens is 230 g/mol. The van der Waals surface area contributed by atoms with Crippen LogP contribution < -0.4 is 0 Å². The second-order valence-electron chi connectivity index (χ2n) is 5.84. The molecule has 0 aliphatic rings. The molecule has 0 unspecified atom stereocenters. The van der Waals surface area contributed by atoms with E-state index in [0.29, 0.717) is 0 Å². The molecule has 1 heteroatoms. The van der Waals surface area contributed by atoms with Gasteiger partial charge in [0.1, 0.15) is 0 Å². The number of hydrogen-bond donors (Lipinski definition) is 0. The van der Waals surface area contributed by atoms with Crippen LogP contribution in [0.15, 0.2) is 0 Å². The molecule has 0 rings (SSSR count). The van der Waals surface area contributed by atoms with Crippen molar-refractivity contribution in [3.63, 3.8) is 0 Å². The van der Waals surface area contributed by atoms with Crippen LogP contribution in [0, 0.1) is 6.54 Å². The first kappa shape index (κ1) is 19.0. The summed E-state index contributed by atoms with van der Waals surface area (Å²) in [6.07, 6.45) is 16.4. The topological polar surface area (TPSA) is 3.24 Å². The fourth-order valence-electron chi connectivity index (χ4n) is 2.45. The maximum absolute atomic E-state index is 2.61. The van der Waals surface area contributed by atoms with Gasteiger partial charge in [0.05, 0.1) is 0 Å². The van der Waals surface area contributed by atoms with Gasteiger partial charge in [-0.05, 0) is 32.4 Å². The SMILES string of the molecule is CCCCC[CH]N(CCCCCC)CCCCCC. The first-order valence-electron chi connectivity index (χ1n) is 8.92. The normalized spacial score (nSPS) is 11.4. The maximum atomic E-state index is 2.61. The Labute approximate surface area is 123 Å². The molecule has 0 bridgehead atoms. The van der Waals surface area contributed by atoms with Gasteiger partial charge in [0.25, 0.3) is 0 Å². The smallest absolute Gasteiger partial charge is 0.0251 e. The molecule has 19 heavy (non-hydrogen) atoms. The third kappa shape index (κ3) is 14.2.